The van der Waals surface area contributed by atoms with E-state index in [1.807, 2.05) is 31.2 Å². The normalized spacial score (nSPS) is 10.2. The van der Waals surface area contributed by atoms with Crippen molar-refractivity contribution in [1.82, 2.24) is 5.43 Å². The largest absolute Gasteiger partial charge is 0.508 e. The number of phenolic OH excluding ortho intramolecular Hbond substituents is 2. The van der Waals surface area contributed by atoms with Crippen LogP contribution in [0.25, 0.3) is 0 Å². The Kier molecular flexibility index (Phi) is 4.55. The highest BCUT2D eigenvalue weighted by molar-refractivity contribution is 7.81. The maximum Gasteiger partial charge on any atom is 0.127 e. The van der Waals surface area contributed by atoms with E-state index in [0.29, 0.717) is 17.0 Å². The molecule has 0 heterocycles. The van der Waals surface area contributed by atoms with Crippen molar-refractivity contribution in [2.45, 2.75) is 6.92 Å². The molecule has 0 saturated carbocycles. The van der Waals surface area contributed by atoms with Gasteiger partial charge < -0.3 is 15.6 Å². The van der Waals surface area contributed by atoms with Crippen LogP contribution in [0.15, 0.2) is 42.5 Å². The summed E-state index contributed by atoms with van der Waals surface area (Å²) in [5.41, 5.74) is 8.70. The number of hydrogen-bond donors (Lipinski definition) is 4. The van der Waals surface area contributed by atoms with Crippen molar-refractivity contribution in [3.05, 3.63) is 53.6 Å². The Labute approximate surface area is 123 Å². The van der Waals surface area contributed by atoms with Gasteiger partial charge >= 0.3 is 0 Å². The molecule has 2 rings (SSSR count). The van der Waals surface area contributed by atoms with Gasteiger partial charge in [0.1, 0.15) is 11.5 Å². The molecule has 5 heteroatoms. The molecule has 20 heavy (non-hydrogen) atoms. The maximum atomic E-state index is 9.71. The second-order valence-electron chi connectivity index (χ2n) is 4.47. The van der Waals surface area contributed by atoms with Gasteiger partial charge in [0.05, 0.1) is 6.54 Å². The molecule has 0 amide bonds. The summed E-state index contributed by atoms with van der Waals surface area (Å²) >= 11 is 5.24. The molecule has 0 radical (unpaired) electrons. The van der Waals surface area contributed by atoms with Gasteiger partial charge in [-0.2, -0.15) is 0 Å². The Morgan fingerprint density at radius 2 is 1.80 bits per heavy atom. The van der Waals surface area contributed by atoms with Crippen molar-refractivity contribution < 1.29 is 10.2 Å². The van der Waals surface area contributed by atoms with E-state index in [9.17, 15) is 10.2 Å². The predicted molar refractivity (Wildman–Crippen MR) is 84.3 cm³/mol. The third-order valence-electron chi connectivity index (χ3n) is 2.81. The second-order valence-corrected chi connectivity index (χ2v) is 4.96. The number of benzene rings is 2. The molecule has 0 unspecified atom stereocenters. The number of thiocarbonyl (C=S) groups is 1. The summed E-state index contributed by atoms with van der Waals surface area (Å²) in [4.78, 5) is 0.558. The van der Waals surface area contributed by atoms with Crippen molar-refractivity contribution in [3.8, 4) is 11.5 Å². The number of aromatic hydroxyl groups is 2. The number of aryl methyl sites for hydroxylation is 1. The number of hydrazine groups is 1. The fraction of sp³-hybridized carbons (Fsp3) is 0.133. The molecule has 0 aliphatic rings. The SMILES string of the molecule is Cc1ccc(NNCC(=S)c2ccc(O)cc2O)cc1. The minimum absolute atomic E-state index is 0.0137. The summed E-state index contributed by atoms with van der Waals surface area (Å²) in [7, 11) is 0. The fourth-order valence-electron chi connectivity index (χ4n) is 1.71. The highest BCUT2D eigenvalue weighted by Gasteiger charge is 2.07. The third-order valence-corrected chi connectivity index (χ3v) is 3.18. The van der Waals surface area contributed by atoms with Crippen LogP contribution >= 0.6 is 12.2 Å². The lowest BCUT2D eigenvalue weighted by atomic mass is 10.1. The van der Waals surface area contributed by atoms with Crippen LogP contribution in [-0.2, 0) is 0 Å². The van der Waals surface area contributed by atoms with Crippen LogP contribution in [0.1, 0.15) is 11.1 Å². The highest BCUT2D eigenvalue weighted by atomic mass is 32.1. The second kappa shape index (κ2) is 6.36. The van der Waals surface area contributed by atoms with Crippen LogP contribution in [0.4, 0.5) is 5.69 Å². The molecule has 2 aromatic rings. The highest BCUT2D eigenvalue weighted by Crippen LogP contribution is 2.23. The summed E-state index contributed by atoms with van der Waals surface area (Å²) in [6, 6.07) is 12.3. The first-order valence-electron chi connectivity index (χ1n) is 6.17. The van der Waals surface area contributed by atoms with Gasteiger partial charge in [-0.15, -0.1) is 0 Å². The molecule has 0 fully saturated rings. The van der Waals surface area contributed by atoms with Crippen molar-refractivity contribution in [2.75, 3.05) is 12.0 Å². The van der Waals surface area contributed by atoms with E-state index < -0.39 is 0 Å². The molecular formula is C15H16N2O2S. The lowest BCUT2D eigenvalue weighted by molar-refractivity contribution is 0.450. The van der Waals surface area contributed by atoms with Crippen LogP contribution in [0.2, 0.25) is 0 Å². The Morgan fingerprint density at radius 1 is 1.10 bits per heavy atom. The molecule has 0 aromatic heterocycles. The van der Waals surface area contributed by atoms with Gasteiger partial charge in [-0.05, 0) is 31.2 Å². The maximum absolute atomic E-state index is 9.71. The van der Waals surface area contributed by atoms with Crippen molar-refractivity contribution in [2.24, 2.45) is 0 Å². The van der Waals surface area contributed by atoms with Gasteiger partial charge in [0.2, 0.25) is 0 Å². The zero-order valence-electron chi connectivity index (χ0n) is 11.1. The first-order chi connectivity index (χ1) is 9.56. The van der Waals surface area contributed by atoms with Crippen molar-refractivity contribution >= 4 is 22.8 Å². The van der Waals surface area contributed by atoms with E-state index >= 15 is 0 Å². The van der Waals surface area contributed by atoms with E-state index in [1.165, 1.54) is 17.7 Å². The van der Waals surface area contributed by atoms with E-state index in [4.69, 9.17) is 12.2 Å². The van der Waals surface area contributed by atoms with E-state index in [-0.39, 0.29) is 11.5 Å². The standard InChI is InChI=1S/C15H16N2O2S/c1-10-2-4-11(5-3-10)17-16-9-15(20)13-7-6-12(18)8-14(13)19/h2-8,16-19H,9H2,1H3. The Hall–Kier alpha value is -2.11. The molecule has 2 aromatic carbocycles. The van der Waals surface area contributed by atoms with Crippen LogP contribution in [0.5, 0.6) is 11.5 Å². The van der Waals surface area contributed by atoms with Gasteiger partial charge in [-0.25, -0.2) is 5.43 Å². The number of anilines is 1. The van der Waals surface area contributed by atoms with Gasteiger partial charge in [-0.1, -0.05) is 29.9 Å². The van der Waals surface area contributed by atoms with Gasteiger partial charge in [0.15, 0.2) is 0 Å². The third kappa shape index (κ3) is 3.69. The van der Waals surface area contributed by atoms with Gasteiger partial charge in [0, 0.05) is 22.2 Å². The van der Waals surface area contributed by atoms with Crippen LogP contribution in [0.3, 0.4) is 0 Å². The lowest BCUT2D eigenvalue weighted by Crippen LogP contribution is -2.27. The molecule has 4 N–H and O–H groups in total. The smallest absolute Gasteiger partial charge is 0.127 e. The predicted octanol–water partition coefficient (Wildman–Crippen LogP) is 2.74. The number of nitrogens with one attached hydrogen (secondary N) is 2. The number of hydrogen-bond acceptors (Lipinski definition) is 5. The quantitative estimate of drug-likeness (QED) is 0.387. The molecular weight excluding hydrogens is 272 g/mol. The molecule has 0 aliphatic carbocycles. The monoisotopic (exact) mass is 288 g/mol. The van der Waals surface area contributed by atoms with Gasteiger partial charge in [0.25, 0.3) is 0 Å². The number of phenols is 2. The minimum atomic E-state index is -0.0212. The summed E-state index contributed by atoms with van der Waals surface area (Å²) < 4.78 is 0. The first kappa shape index (κ1) is 14.3. The Morgan fingerprint density at radius 3 is 2.45 bits per heavy atom. The molecule has 104 valence electrons. The van der Waals surface area contributed by atoms with Crippen molar-refractivity contribution in [1.29, 1.82) is 0 Å². The molecule has 0 aliphatic heterocycles. The lowest BCUT2D eigenvalue weighted by Gasteiger charge is -2.10. The average molecular weight is 288 g/mol. The van der Waals surface area contributed by atoms with E-state index in [0.717, 1.165) is 5.69 Å². The molecule has 0 spiro atoms. The molecule has 0 bridgehead atoms. The summed E-state index contributed by atoms with van der Waals surface area (Å²) in [5.74, 6) is -0.00748. The summed E-state index contributed by atoms with van der Waals surface area (Å²) in [5, 5.41) is 18.9. The average Bonchev–Trinajstić information content (AvgIpc) is 2.41. The van der Waals surface area contributed by atoms with E-state index in [2.05, 4.69) is 10.9 Å². The number of rotatable bonds is 5. The van der Waals surface area contributed by atoms with Crippen LogP contribution in [-0.4, -0.2) is 21.6 Å². The fourth-order valence-corrected chi connectivity index (χ4v) is 1.96. The minimum Gasteiger partial charge on any atom is -0.508 e. The first-order valence-corrected chi connectivity index (χ1v) is 6.58. The van der Waals surface area contributed by atoms with Crippen molar-refractivity contribution in [3.63, 3.8) is 0 Å². The summed E-state index contributed by atoms with van der Waals surface area (Å²) in [6.07, 6.45) is 0. The van der Waals surface area contributed by atoms with Crippen LogP contribution < -0.4 is 10.9 Å². The Bertz CT molecular complexity index is 612. The Balaban J connectivity index is 1.90. The zero-order chi connectivity index (χ0) is 14.5. The molecule has 0 atom stereocenters. The molecule has 0 saturated heterocycles. The topological polar surface area (TPSA) is 64.5 Å². The van der Waals surface area contributed by atoms with Crippen LogP contribution in [0, 0.1) is 6.92 Å². The summed E-state index contributed by atoms with van der Waals surface area (Å²) in [6.45, 7) is 2.42. The van der Waals surface area contributed by atoms with E-state index in [1.54, 1.807) is 6.07 Å². The van der Waals surface area contributed by atoms with Gasteiger partial charge in [-0.3, -0.25) is 0 Å². The molecule has 4 nitrogen and oxygen atoms in total. The zero-order valence-corrected chi connectivity index (χ0v) is 11.9.